The molecule has 0 amide bonds. The maximum Gasteiger partial charge on any atom is 0.373 e. The molecule has 0 spiro atoms. The standard InChI is InChI=1S/C24H22N8.CO2/c25-14-17-5-3-6-18(11-17)21-12-19(13-23(26)28-21)22-16-32(30-29-22)15-20-7-4-8-24(27-20)31-9-1-2-10-31;2-1-3/h3-8,11-13,16H,1-2,9-10,15H2,(H2,26,28);. The summed E-state index contributed by atoms with van der Waals surface area (Å²) in [5.74, 6) is 1.40. The molecule has 3 aromatic heterocycles. The van der Waals surface area contributed by atoms with Crippen LogP contribution in [0.15, 0.2) is 60.8 Å². The van der Waals surface area contributed by atoms with E-state index in [9.17, 15) is 5.26 Å². The average molecular weight is 467 g/mol. The summed E-state index contributed by atoms with van der Waals surface area (Å²) in [6.07, 6.45) is 4.57. The molecule has 1 aliphatic rings. The molecule has 10 heteroatoms. The quantitative estimate of drug-likeness (QED) is 0.469. The van der Waals surface area contributed by atoms with Gasteiger partial charge in [-0.1, -0.05) is 23.4 Å². The van der Waals surface area contributed by atoms with Crippen molar-refractivity contribution in [3.05, 3.63) is 72.1 Å². The fourth-order valence-corrected chi connectivity index (χ4v) is 3.95. The van der Waals surface area contributed by atoms with E-state index in [1.165, 1.54) is 12.8 Å². The minimum atomic E-state index is 0.250. The third kappa shape index (κ3) is 5.74. The molecule has 4 heterocycles. The van der Waals surface area contributed by atoms with E-state index >= 15 is 0 Å². The fraction of sp³-hybridized carbons (Fsp3) is 0.200. The minimum absolute atomic E-state index is 0.250. The van der Waals surface area contributed by atoms with Gasteiger partial charge in [0, 0.05) is 24.2 Å². The Hall–Kier alpha value is -4.87. The first-order chi connectivity index (χ1) is 17.1. The first-order valence-electron chi connectivity index (χ1n) is 11.0. The molecule has 1 fully saturated rings. The third-order valence-corrected chi connectivity index (χ3v) is 5.51. The van der Waals surface area contributed by atoms with Crippen LogP contribution in [-0.4, -0.2) is 44.2 Å². The Bertz CT molecular complexity index is 1400. The van der Waals surface area contributed by atoms with Gasteiger partial charge in [0.2, 0.25) is 0 Å². The van der Waals surface area contributed by atoms with E-state index in [1.54, 1.807) is 22.9 Å². The molecule has 0 radical (unpaired) electrons. The van der Waals surface area contributed by atoms with Crippen molar-refractivity contribution in [3.63, 3.8) is 0 Å². The number of hydrogen-bond acceptors (Lipinski definition) is 9. The summed E-state index contributed by atoms with van der Waals surface area (Å²) in [5, 5.41) is 17.8. The zero-order chi connectivity index (χ0) is 24.6. The van der Waals surface area contributed by atoms with Crippen molar-refractivity contribution in [2.24, 2.45) is 0 Å². The van der Waals surface area contributed by atoms with E-state index in [-0.39, 0.29) is 6.15 Å². The van der Waals surface area contributed by atoms with Crippen LogP contribution in [0.5, 0.6) is 0 Å². The monoisotopic (exact) mass is 466 g/mol. The Morgan fingerprint density at radius 2 is 1.71 bits per heavy atom. The number of anilines is 2. The molecule has 5 rings (SSSR count). The Morgan fingerprint density at radius 1 is 0.943 bits per heavy atom. The number of carbonyl (C=O) groups excluding carboxylic acids is 2. The molecule has 4 aromatic rings. The molecule has 2 N–H and O–H groups in total. The maximum absolute atomic E-state index is 9.17. The summed E-state index contributed by atoms with van der Waals surface area (Å²) in [5.41, 5.74) is 10.6. The van der Waals surface area contributed by atoms with Crippen LogP contribution < -0.4 is 10.6 Å². The van der Waals surface area contributed by atoms with E-state index < -0.39 is 0 Å². The summed E-state index contributed by atoms with van der Waals surface area (Å²) in [6, 6.07) is 19.2. The van der Waals surface area contributed by atoms with Gasteiger partial charge >= 0.3 is 6.15 Å². The van der Waals surface area contributed by atoms with Crippen LogP contribution in [0.3, 0.4) is 0 Å². The SMILES string of the molecule is N#Cc1cccc(-c2cc(-c3cn(Cc4cccc(N5CCCC5)n4)nn3)cc(N)n2)c1.O=C=O. The molecule has 0 saturated carbocycles. The van der Waals surface area contributed by atoms with Gasteiger partial charge in [0.1, 0.15) is 17.3 Å². The van der Waals surface area contributed by atoms with Gasteiger partial charge in [-0.25, -0.2) is 14.6 Å². The van der Waals surface area contributed by atoms with E-state index in [2.05, 4.69) is 32.3 Å². The molecule has 1 saturated heterocycles. The lowest BCUT2D eigenvalue weighted by molar-refractivity contribution is -0.191. The van der Waals surface area contributed by atoms with Crippen molar-refractivity contribution in [2.45, 2.75) is 19.4 Å². The topological polar surface area (TPSA) is 144 Å². The lowest BCUT2D eigenvalue weighted by atomic mass is 10.1. The number of pyridine rings is 2. The molecular weight excluding hydrogens is 444 g/mol. The van der Waals surface area contributed by atoms with E-state index in [4.69, 9.17) is 20.3 Å². The largest absolute Gasteiger partial charge is 0.384 e. The number of rotatable bonds is 5. The number of nitrogens with two attached hydrogens (primary N) is 1. The van der Waals surface area contributed by atoms with E-state index in [1.807, 2.05) is 36.5 Å². The first-order valence-corrected chi connectivity index (χ1v) is 11.0. The van der Waals surface area contributed by atoms with Crippen molar-refractivity contribution >= 4 is 17.8 Å². The van der Waals surface area contributed by atoms with Crippen LogP contribution >= 0.6 is 0 Å². The van der Waals surface area contributed by atoms with Crippen molar-refractivity contribution in [1.29, 1.82) is 5.26 Å². The number of benzene rings is 1. The lowest BCUT2D eigenvalue weighted by Gasteiger charge is -2.16. The first kappa shape index (κ1) is 23.3. The van der Waals surface area contributed by atoms with Gasteiger partial charge in [-0.15, -0.1) is 5.10 Å². The molecule has 1 aromatic carbocycles. The van der Waals surface area contributed by atoms with Gasteiger partial charge in [-0.05, 0) is 49.2 Å². The second-order valence-electron chi connectivity index (χ2n) is 7.92. The molecule has 1 aliphatic heterocycles. The summed E-state index contributed by atoms with van der Waals surface area (Å²) in [6.45, 7) is 2.66. The van der Waals surface area contributed by atoms with Crippen molar-refractivity contribution in [3.8, 4) is 28.6 Å². The summed E-state index contributed by atoms with van der Waals surface area (Å²) in [7, 11) is 0. The van der Waals surface area contributed by atoms with E-state index in [0.29, 0.717) is 29.3 Å². The molecule has 0 aliphatic carbocycles. The second-order valence-corrected chi connectivity index (χ2v) is 7.92. The number of nitriles is 1. The highest BCUT2D eigenvalue weighted by Crippen LogP contribution is 2.26. The van der Waals surface area contributed by atoms with Gasteiger partial charge < -0.3 is 10.6 Å². The van der Waals surface area contributed by atoms with Gasteiger partial charge in [-0.2, -0.15) is 14.9 Å². The van der Waals surface area contributed by atoms with Crippen LogP contribution in [0.2, 0.25) is 0 Å². The Balaban J connectivity index is 0.000000917. The third-order valence-electron chi connectivity index (χ3n) is 5.51. The van der Waals surface area contributed by atoms with Gasteiger partial charge in [0.15, 0.2) is 0 Å². The summed E-state index contributed by atoms with van der Waals surface area (Å²) in [4.78, 5) is 27.8. The maximum atomic E-state index is 9.17. The van der Waals surface area contributed by atoms with Crippen LogP contribution in [0.25, 0.3) is 22.5 Å². The highest BCUT2D eigenvalue weighted by atomic mass is 16.2. The fourth-order valence-electron chi connectivity index (χ4n) is 3.95. The number of nitrogens with zero attached hydrogens (tertiary/aromatic N) is 7. The predicted molar refractivity (Wildman–Crippen MR) is 128 cm³/mol. The molecular formula is C25H22N8O2. The minimum Gasteiger partial charge on any atom is -0.384 e. The van der Waals surface area contributed by atoms with E-state index in [0.717, 1.165) is 35.7 Å². The molecule has 0 bridgehead atoms. The van der Waals surface area contributed by atoms with Gasteiger partial charge in [-0.3, -0.25) is 0 Å². The van der Waals surface area contributed by atoms with Gasteiger partial charge in [0.05, 0.1) is 35.8 Å². The smallest absolute Gasteiger partial charge is 0.373 e. The normalized spacial score (nSPS) is 12.4. The van der Waals surface area contributed by atoms with Crippen molar-refractivity contribution in [1.82, 2.24) is 25.0 Å². The molecule has 10 nitrogen and oxygen atoms in total. The Kier molecular flexibility index (Phi) is 7.21. The average Bonchev–Trinajstić information content (AvgIpc) is 3.57. The zero-order valence-electron chi connectivity index (χ0n) is 18.8. The van der Waals surface area contributed by atoms with Crippen LogP contribution in [-0.2, 0) is 16.1 Å². The lowest BCUT2D eigenvalue weighted by Crippen LogP contribution is -2.19. The van der Waals surface area contributed by atoms with Crippen molar-refractivity contribution in [2.75, 3.05) is 23.7 Å². The Labute approximate surface area is 201 Å². The molecule has 0 atom stereocenters. The molecule has 174 valence electrons. The van der Waals surface area contributed by atoms with Crippen LogP contribution in [0.1, 0.15) is 24.1 Å². The zero-order valence-corrected chi connectivity index (χ0v) is 18.8. The summed E-state index contributed by atoms with van der Waals surface area (Å²) < 4.78 is 1.78. The molecule has 0 unspecified atom stereocenters. The highest BCUT2D eigenvalue weighted by Gasteiger charge is 2.14. The number of aromatic nitrogens is 5. The van der Waals surface area contributed by atoms with Crippen LogP contribution in [0, 0.1) is 11.3 Å². The molecule has 35 heavy (non-hydrogen) atoms. The number of nitrogen functional groups attached to an aromatic ring is 1. The van der Waals surface area contributed by atoms with Crippen molar-refractivity contribution < 1.29 is 9.59 Å². The predicted octanol–water partition coefficient (Wildman–Crippen LogP) is 2.92. The van der Waals surface area contributed by atoms with Crippen LogP contribution in [0.4, 0.5) is 11.6 Å². The Morgan fingerprint density at radius 3 is 2.49 bits per heavy atom. The van der Waals surface area contributed by atoms with Gasteiger partial charge in [0.25, 0.3) is 0 Å². The highest BCUT2D eigenvalue weighted by molar-refractivity contribution is 5.71. The number of hydrogen-bond donors (Lipinski definition) is 1. The second kappa shape index (κ2) is 10.8. The summed E-state index contributed by atoms with van der Waals surface area (Å²) >= 11 is 0.